The minimum Gasteiger partial charge on any atom is -0.350 e. The van der Waals surface area contributed by atoms with Crippen LogP contribution in [0.2, 0.25) is 0 Å². The van der Waals surface area contributed by atoms with Gasteiger partial charge in [-0.05, 0) is 66.2 Å². The van der Waals surface area contributed by atoms with Crippen LogP contribution in [0.1, 0.15) is 37.8 Å². The highest BCUT2D eigenvalue weighted by atomic mass is 32.1. The predicted octanol–water partition coefficient (Wildman–Crippen LogP) is 3.85. The smallest absolute Gasteiger partial charge is 0.274 e. The number of carbonyl (C=O) groups excluding carboxylic acids is 2. The van der Waals surface area contributed by atoms with E-state index >= 15 is 0 Å². The van der Waals surface area contributed by atoms with Crippen LogP contribution in [-0.4, -0.2) is 51.1 Å². The fourth-order valence-electron chi connectivity index (χ4n) is 4.98. The van der Waals surface area contributed by atoms with Gasteiger partial charge in [-0.15, -0.1) is 11.3 Å². The molecule has 2 aliphatic rings. The van der Waals surface area contributed by atoms with Crippen LogP contribution < -0.4 is 5.32 Å². The molecule has 1 saturated carbocycles. The zero-order chi connectivity index (χ0) is 23.4. The molecule has 9 heteroatoms. The number of thiazole rings is 1. The zero-order valence-electron chi connectivity index (χ0n) is 18.8. The first-order valence-electron chi connectivity index (χ1n) is 11.3. The Morgan fingerprint density at radius 3 is 2.85 bits per heavy atom. The molecule has 2 aromatic carbocycles. The average Bonchev–Trinajstić information content (AvgIpc) is 3.15. The van der Waals surface area contributed by atoms with Crippen molar-refractivity contribution >= 4 is 34.2 Å². The van der Waals surface area contributed by atoms with Gasteiger partial charge >= 0.3 is 0 Å². The van der Waals surface area contributed by atoms with Crippen LogP contribution in [0.3, 0.4) is 0 Å². The van der Waals surface area contributed by atoms with Crippen LogP contribution in [0.15, 0.2) is 47.1 Å². The van der Waals surface area contributed by atoms with E-state index < -0.39 is 0 Å². The number of rotatable bonds is 5. The van der Waals surface area contributed by atoms with Crippen molar-refractivity contribution in [3.05, 3.63) is 64.3 Å². The lowest BCUT2D eigenvalue weighted by Gasteiger charge is -2.27. The van der Waals surface area contributed by atoms with E-state index in [9.17, 15) is 9.59 Å². The summed E-state index contributed by atoms with van der Waals surface area (Å²) in [6.07, 6.45) is 1.10. The molecule has 0 spiro atoms. The van der Waals surface area contributed by atoms with Gasteiger partial charge < -0.3 is 10.2 Å². The van der Waals surface area contributed by atoms with Gasteiger partial charge in [-0.2, -0.15) is 0 Å². The first-order valence-corrected chi connectivity index (χ1v) is 12.2. The van der Waals surface area contributed by atoms with E-state index in [2.05, 4.69) is 26.7 Å². The first kappa shape index (κ1) is 21.0. The van der Waals surface area contributed by atoms with Crippen LogP contribution in [0, 0.1) is 25.7 Å². The summed E-state index contributed by atoms with van der Waals surface area (Å²) in [6.45, 7) is 5.10. The number of aromatic nitrogens is 3. The summed E-state index contributed by atoms with van der Waals surface area (Å²) in [5.74, 6) is 0.674. The van der Waals surface area contributed by atoms with Crippen molar-refractivity contribution in [2.24, 2.45) is 11.8 Å². The second kappa shape index (κ2) is 8.02. The third-order valence-corrected chi connectivity index (χ3v) is 7.79. The number of benzene rings is 2. The molecule has 3 heterocycles. The zero-order valence-corrected chi connectivity index (χ0v) is 19.6. The van der Waals surface area contributed by atoms with Crippen molar-refractivity contribution in [1.29, 1.82) is 0 Å². The SMILES string of the molecule is Cc1cccc(-c2sc(C)nc2C(=O)N2C[C@H]3C[C@H]3[C@H]2CNC(=O)c2ccc3nonc3c2)c1. The van der Waals surface area contributed by atoms with Gasteiger partial charge in [-0.25, -0.2) is 9.61 Å². The molecule has 3 atom stereocenters. The second-order valence-corrected chi connectivity index (χ2v) is 10.3. The second-order valence-electron chi connectivity index (χ2n) is 9.14. The van der Waals surface area contributed by atoms with Gasteiger partial charge in [0, 0.05) is 18.7 Å². The number of fused-ring (bicyclic) bond motifs is 2. The predicted molar refractivity (Wildman–Crippen MR) is 128 cm³/mol. The fourth-order valence-corrected chi connectivity index (χ4v) is 5.89. The summed E-state index contributed by atoms with van der Waals surface area (Å²) in [4.78, 5) is 33.9. The lowest BCUT2D eigenvalue weighted by Crippen LogP contribution is -2.45. The third kappa shape index (κ3) is 3.66. The molecular weight excluding hydrogens is 450 g/mol. The van der Waals surface area contributed by atoms with E-state index in [1.165, 1.54) is 0 Å². The lowest BCUT2D eigenvalue weighted by atomic mass is 10.1. The van der Waals surface area contributed by atoms with Crippen LogP contribution in [0.5, 0.6) is 0 Å². The van der Waals surface area contributed by atoms with Crippen molar-refractivity contribution in [1.82, 2.24) is 25.5 Å². The number of amides is 2. The van der Waals surface area contributed by atoms with E-state index in [0.29, 0.717) is 47.2 Å². The van der Waals surface area contributed by atoms with Crippen LogP contribution in [0.4, 0.5) is 0 Å². The minimum absolute atomic E-state index is 0.0359. The number of piperidine rings is 1. The third-order valence-electron chi connectivity index (χ3n) is 6.77. The summed E-state index contributed by atoms with van der Waals surface area (Å²) < 4.78 is 4.71. The maximum Gasteiger partial charge on any atom is 0.274 e. The van der Waals surface area contributed by atoms with Crippen molar-refractivity contribution in [2.75, 3.05) is 13.1 Å². The van der Waals surface area contributed by atoms with Gasteiger partial charge in [-0.1, -0.05) is 29.8 Å². The molecule has 1 aliphatic heterocycles. The Hall–Kier alpha value is -3.59. The lowest BCUT2D eigenvalue weighted by molar-refractivity contribution is 0.0690. The Labute approximate surface area is 199 Å². The largest absolute Gasteiger partial charge is 0.350 e. The molecular formula is C25H23N5O3S. The monoisotopic (exact) mass is 473 g/mol. The molecule has 1 saturated heterocycles. The fraction of sp³-hybridized carbons (Fsp3) is 0.320. The Morgan fingerprint density at radius 1 is 1.15 bits per heavy atom. The van der Waals surface area contributed by atoms with E-state index in [4.69, 9.17) is 4.63 Å². The van der Waals surface area contributed by atoms with E-state index in [1.54, 1.807) is 29.5 Å². The van der Waals surface area contributed by atoms with Crippen molar-refractivity contribution in [2.45, 2.75) is 26.3 Å². The Bertz CT molecular complexity index is 1430. The van der Waals surface area contributed by atoms with Crippen molar-refractivity contribution < 1.29 is 14.2 Å². The molecule has 2 amide bonds. The van der Waals surface area contributed by atoms with Crippen molar-refractivity contribution in [3.63, 3.8) is 0 Å². The maximum absolute atomic E-state index is 13.7. The summed E-state index contributed by atoms with van der Waals surface area (Å²) >= 11 is 1.55. The van der Waals surface area contributed by atoms with Crippen molar-refractivity contribution in [3.8, 4) is 10.4 Å². The maximum atomic E-state index is 13.7. The molecule has 4 aromatic rings. The van der Waals surface area contributed by atoms with Crippen LogP contribution in [0.25, 0.3) is 21.5 Å². The molecule has 2 aromatic heterocycles. The molecule has 0 radical (unpaired) electrons. The standard InChI is InChI=1S/C25H23N5O3S/c1-13-4-3-5-15(8-13)23-22(27-14(2)34-23)25(32)30-12-17-9-18(17)21(30)11-26-24(31)16-6-7-19-20(10-16)29-33-28-19/h3-8,10,17-18,21H,9,11-12H2,1-2H3,(H,26,31)/t17-,18-,21-/m1/s1. The molecule has 0 bridgehead atoms. The highest BCUT2D eigenvalue weighted by Crippen LogP contribution is 2.50. The molecule has 34 heavy (non-hydrogen) atoms. The Balaban J connectivity index is 1.21. The number of hydrogen-bond acceptors (Lipinski definition) is 7. The molecule has 8 nitrogen and oxygen atoms in total. The van der Waals surface area contributed by atoms with E-state index in [1.807, 2.05) is 36.9 Å². The highest BCUT2D eigenvalue weighted by Gasteiger charge is 2.54. The van der Waals surface area contributed by atoms with E-state index in [-0.39, 0.29) is 17.9 Å². The Morgan fingerprint density at radius 2 is 2.00 bits per heavy atom. The summed E-state index contributed by atoms with van der Waals surface area (Å²) in [5, 5.41) is 11.5. The highest BCUT2D eigenvalue weighted by molar-refractivity contribution is 7.15. The number of nitrogens with zero attached hydrogens (tertiary/aromatic N) is 4. The number of carbonyl (C=O) groups is 2. The topological polar surface area (TPSA) is 101 Å². The number of hydrogen-bond donors (Lipinski definition) is 1. The summed E-state index contributed by atoms with van der Waals surface area (Å²) in [5.41, 5.74) is 4.30. The number of likely N-dealkylation sites (tertiary alicyclic amines) is 1. The average molecular weight is 474 g/mol. The number of aryl methyl sites for hydroxylation is 2. The summed E-state index contributed by atoms with van der Waals surface area (Å²) in [7, 11) is 0. The normalized spacial score (nSPS) is 21.0. The van der Waals surface area contributed by atoms with Gasteiger partial charge in [0.2, 0.25) is 0 Å². The Kier molecular flexibility index (Phi) is 4.95. The molecule has 6 rings (SSSR count). The van der Waals surface area contributed by atoms with Gasteiger partial charge in [0.15, 0.2) is 0 Å². The van der Waals surface area contributed by atoms with Gasteiger partial charge in [0.25, 0.3) is 11.8 Å². The summed E-state index contributed by atoms with van der Waals surface area (Å²) in [6, 6.07) is 13.2. The van der Waals surface area contributed by atoms with Gasteiger partial charge in [-0.3, -0.25) is 9.59 Å². The van der Waals surface area contributed by atoms with Crippen LogP contribution in [-0.2, 0) is 0 Å². The molecule has 1 aliphatic carbocycles. The molecule has 1 N–H and O–H groups in total. The van der Waals surface area contributed by atoms with Crippen LogP contribution >= 0.6 is 11.3 Å². The number of nitrogens with one attached hydrogen (secondary N) is 1. The minimum atomic E-state index is -0.202. The molecule has 0 unspecified atom stereocenters. The first-order chi connectivity index (χ1) is 16.5. The molecule has 172 valence electrons. The quantitative estimate of drug-likeness (QED) is 0.472. The molecule has 2 fully saturated rings. The van der Waals surface area contributed by atoms with Gasteiger partial charge in [0.05, 0.1) is 15.9 Å². The van der Waals surface area contributed by atoms with Gasteiger partial charge in [0.1, 0.15) is 16.7 Å². The van der Waals surface area contributed by atoms with E-state index in [0.717, 1.165) is 27.4 Å².